The fourth-order valence-electron chi connectivity index (χ4n) is 3.27. The van der Waals surface area contributed by atoms with Gasteiger partial charge in [-0.25, -0.2) is 0 Å². The van der Waals surface area contributed by atoms with Crippen LogP contribution >= 0.6 is 0 Å². The van der Waals surface area contributed by atoms with E-state index in [2.05, 4.69) is 47.4 Å². The number of methoxy groups -OCH3 is 2. The molecule has 0 aliphatic carbocycles. The number of nitrogens with zero attached hydrogens (tertiary/aromatic N) is 1. The Morgan fingerprint density at radius 3 is 2.32 bits per heavy atom. The maximum absolute atomic E-state index is 5.46. The van der Waals surface area contributed by atoms with Crippen LogP contribution in [0.25, 0.3) is 21.5 Å². The molecule has 4 rings (SSSR count). The highest BCUT2D eigenvalue weighted by molar-refractivity contribution is 5.89. The van der Waals surface area contributed by atoms with Crippen molar-refractivity contribution in [2.75, 3.05) is 14.2 Å². The van der Waals surface area contributed by atoms with Crippen molar-refractivity contribution in [2.24, 2.45) is 0 Å². The van der Waals surface area contributed by atoms with Crippen LogP contribution in [0.2, 0.25) is 0 Å². The number of aromatic nitrogens is 1. The summed E-state index contributed by atoms with van der Waals surface area (Å²) >= 11 is 0. The number of fused-ring (bicyclic) bond motifs is 2. The largest absolute Gasteiger partial charge is 0.493 e. The van der Waals surface area contributed by atoms with Crippen LogP contribution in [-0.4, -0.2) is 19.2 Å². The lowest BCUT2D eigenvalue weighted by Crippen LogP contribution is -1.95. The molecule has 0 aliphatic rings. The van der Waals surface area contributed by atoms with Crippen molar-refractivity contribution in [1.82, 2.24) is 4.98 Å². The van der Waals surface area contributed by atoms with Gasteiger partial charge in [0.1, 0.15) is 0 Å². The Bertz CT molecular complexity index is 1060. The molecule has 0 spiro atoms. The first-order valence-corrected chi connectivity index (χ1v) is 8.25. The van der Waals surface area contributed by atoms with Gasteiger partial charge in [0.15, 0.2) is 11.5 Å². The van der Waals surface area contributed by atoms with Crippen LogP contribution in [0.1, 0.15) is 11.1 Å². The molecule has 0 atom stereocenters. The van der Waals surface area contributed by atoms with Gasteiger partial charge in [-0.15, -0.1) is 0 Å². The van der Waals surface area contributed by atoms with Crippen molar-refractivity contribution in [3.63, 3.8) is 0 Å². The molecule has 0 bridgehead atoms. The number of ether oxygens (including phenoxy) is 2. The minimum absolute atomic E-state index is 0.722. The molecule has 3 nitrogen and oxygen atoms in total. The van der Waals surface area contributed by atoms with Gasteiger partial charge in [-0.3, -0.25) is 4.98 Å². The van der Waals surface area contributed by atoms with Crippen molar-refractivity contribution in [1.29, 1.82) is 0 Å². The van der Waals surface area contributed by atoms with Gasteiger partial charge in [-0.1, -0.05) is 42.5 Å². The molecule has 0 unspecified atom stereocenters. The van der Waals surface area contributed by atoms with Crippen molar-refractivity contribution in [2.45, 2.75) is 6.42 Å². The number of hydrogen-bond acceptors (Lipinski definition) is 3. The normalized spacial score (nSPS) is 11.0. The monoisotopic (exact) mass is 329 g/mol. The highest BCUT2D eigenvalue weighted by atomic mass is 16.5. The van der Waals surface area contributed by atoms with E-state index in [9.17, 15) is 0 Å². The zero-order valence-electron chi connectivity index (χ0n) is 14.3. The zero-order chi connectivity index (χ0) is 17.2. The molecule has 3 aromatic carbocycles. The average molecular weight is 329 g/mol. The van der Waals surface area contributed by atoms with E-state index in [0.29, 0.717) is 0 Å². The number of pyridine rings is 1. The lowest BCUT2D eigenvalue weighted by atomic mass is 9.98. The molecule has 3 heteroatoms. The first kappa shape index (κ1) is 15.5. The topological polar surface area (TPSA) is 31.4 Å². The van der Waals surface area contributed by atoms with Crippen molar-refractivity contribution in [3.05, 3.63) is 78.1 Å². The number of benzene rings is 3. The van der Waals surface area contributed by atoms with Crippen LogP contribution in [0.15, 0.2) is 67.0 Å². The van der Waals surface area contributed by atoms with Gasteiger partial charge in [0, 0.05) is 17.8 Å². The van der Waals surface area contributed by atoms with Crippen LogP contribution in [0.4, 0.5) is 0 Å². The third-order valence-corrected chi connectivity index (χ3v) is 4.55. The summed E-state index contributed by atoms with van der Waals surface area (Å²) in [5, 5.41) is 4.71. The molecule has 124 valence electrons. The zero-order valence-corrected chi connectivity index (χ0v) is 14.3. The lowest BCUT2D eigenvalue weighted by molar-refractivity contribution is 0.356. The summed E-state index contributed by atoms with van der Waals surface area (Å²) in [5.41, 5.74) is 2.44. The molecule has 25 heavy (non-hydrogen) atoms. The van der Waals surface area contributed by atoms with Crippen molar-refractivity contribution in [3.8, 4) is 11.5 Å². The summed E-state index contributed by atoms with van der Waals surface area (Å²) in [6.07, 6.45) is 4.62. The van der Waals surface area contributed by atoms with Crippen molar-refractivity contribution < 1.29 is 9.47 Å². The van der Waals surface area contributed by atoms with Gasteiger partial charge in [0.25, 0.3) is 0 Å². The van der Waals surface area contributed by atoms with E-state index < -0.39 is 0 Å². The van der Waals surface area contributed by atoms with Crippen LogP contribution in [0.5, 0.6) is 11.5 Å². The van der Waals surface area contributed by atoms with E-state index in [1.165, 1.54) is 21.9 Å². The molecule has 0 fully saturated rings. The molecule has 0 radical (unpaired) electrons. The summed E-state index contributed by atoms with van der Waals surface area (Å²) in [6, 6.07) is 19.0. The molecule has 0 saturated heterocycles. The smallest absolute Gasteiger partial charge is 0.161 e. The Morgan fingerprint density at radius 2 is 1.52 bits per heavy atom. The number of hydrogen-bond donors (Lipinski definition) is 0. The van der Waals surface area contributed by atoms with E-state index >= 15 is 0 Å². The van der Waals surface area contributed by atoms with Crippen LogP contribution in [0.3, 0.4) is 0 Å². The highest BCUT2D eigenvalue weighted by Crippen LogP contribution is 2.34. The molecule has 1 aromatic heterocycles. The fraction of sp³-hybridized carbons (Fsp3) is 0.136. The predicted octanol–water partition coefficient (Wildman–Crippen LogP) is 5.00. The van der Waals surface area contributed by atoms with Gasteiger partial charge in [0.2, 0.25) is 0 Å². The molecule has 1 heterocycles. The summed E-state index contributed by atoms with van der Waals surface area (Å²) in [5.74, 6) is 1.46. The van der Waals surface area contributed by atoms with Crippen LogP contribution < -0.4 is 9.47 Å². The minimum atomic E-state index is 0.722. The molecular weight excluding hydrogens is 310 g/mol. The first-order chi connectivity index (χ1) is 12.3. The van der Waals surface area contributed by atoms with E-state index in [1.54, 1.807) is 14.2 Å². The molecule has 0 N–H and O–H groups in total. The van der Waals surface area contributed by atoms with Gasteiger partial charge in [0.05, 0.1) is 14.2 Å². The Kier molecular flexibility index (Phi) is 3.98. The third-order valence-electron chi connectivity index (χ3n) is 4.55. The second-order valence-corrected chi connectivity index (χ2v) is 6.09. The standard InChI is InChI=1S/C22H19NO2/c1-24-21-11-19-14-23-13-18(20(19)12-22(21)25-2)10-15-7-8-16-5-3-4-6-17(16)9-15/h3-9,11-14H,10H2,1-2H3. The minimum Gasteiger partial charge on any atom is -0.493 e. The Morgan fingerprint density at radius 1 is 0.760 bits per heavy atom. The fourth-order valence-corrected chi connectivity index (χ4v) is 3.27. The maximum Gasteiger partial charge on any atom is 0.161 e. The summed E-state index contributed by atoms with van der Waals surface area (Å²) in [4.78, 5) is 4.41. The first-order valence-electron chi connectivity index (χ1n) is 8.25. The van der Waals surface area contributed by atoms with Gasteiger partial charge in [-0.05, 0) is 45.8 Å². The van der Waals surface area contributed by atoms with Gasteiger partial charge < -0.3 is 9.47 Å². The maximum atomic E-state index is 5.46. The summed E-state index contributed by atoms with van der Waals surface area (Å²) < 4.78 is 10.9. The molecule has 0 saturated carbocycles. The quantitative estimate of drug-likeness (QED) is 0.528. The second kappa shape index (κ2) is 6.44. The molecular formula is C22H19NO2. The summed E-state index contributed by atoms with van der Waals surface area (Å²) in [6.45, 7) is 0. The van der Waals surface area contributed by atoms with Crippen LogP contribution in [-0.2, 0) is 6.42 Å². The lowest BCUT2D eigenvalue weighted by Gasteiger charge is -2.12. The SMILES string of the molecule is COc1cc2cncc(Cc3ccc4ccccc4c3)c2cc1OC. The van der Waals surface area contributed by atoms with E-state index in [1.807, 2.05) is 24.5 Å². The second-order valence-electron chi connectivity index (χ2n) is 6.09. The van der Waals surface area contributed by atoms with Gasteiger partial charge >= 0.3 is 0 Å². The number of rotatable bonds is 4. The van der Waals surface area contributed by atoms with E-state index in [-0.39, 0.29) is 0 Å². The Labute approximate surface area is 146 Å². The Hall–Kier alpha value is -3.07. The molecule has 0 aliphatic heterocycles. The van der Waals surface area contributed by atoms with Crippen LogP contribution in [0, 0.1) is 0 Å². The molecule has 4 aromatic rings. The van der Waals surface area contributed by atoms with E-state index in [4.69, 9.17) is 9.47 Å². The summed E-state index contributed by atoms with van der Waals surface area (Å²) in [7, 11) is 3.31. The van der Waals surface area contributed by atoms with Gasteiger partial charge in [-0.2, -0.15) is 0 Å². The van der Waals surface area contributed by atoms with E-state index in [0.717, 1.165) is 28.7 Å². The predicted molar refractivity (Wildman–Crippen MR) is 102 cm³/mol. The third kappa shape index (κ3) is 2.89. The van der Waals surface area contributed by atoms with Crippen molar-refractivity contribution >= 4 is 21.5 Å². The highest BCUT2D eigenvalue weighted by Gasteiger charge is 2.10. The average Bonchev–Trinajstić information content (AvgIpc) is 2.67. The molecule has 0 amide bonds. The Balaban J connectivity index is 1.79.